The second kappa shape index (κ2) is 8.70. The highest BCUT2D eigenvalue weighted by atomic mass is 32.2. The Labute approximate surface area is 197 Å². The number of carboxylic acids is 1. The van der Waals surface area contributed by atoms with Crippen molar-refractivity contribution in [1.29, 1.82) is 0 Å². The van der Waals surface area contributed by atoms with Crippen molar-refractivity contribution in [2.45, 2.75) is 61.8 Å². The summed E-state index contributed by atoms with van der Waals surface area (Å²) in [7, 11) is 0. The number of amides is 1. The third-order valence-corrected chi connectivity index (χ3v) is 8.53. The van der Waals surface area contributed by atoms with Gasteiger partial charge in [-0.2, -0.15) is 0 Å². The molecule has 0 aliphatic heterocycles. The molecule has 0 saturated heterocycles. The van der Waals surface area contributed by atoms with Gasteiger partial charge in [0.1, 0.15) is 11.5 Å². The highest BCUT2D eigenvalue weighted by Crippen LogP contribution is 2.53. The summed E-state index contributed by atoms with van der Waals surface area (Å²) >= 11 is 1.34. The fourth-order valence-electron chi connectivity index (χ4n) is 5.89. The molecule has 1 amide bonds. The number of carboxylic acid groups (broad SMARTS) is 1. The van der Waals surface area contributed by atoms with E-state index in [0.29, 0.717) is 16.7 Å². The zero-order valence-corrected chi connectivity index (χ0v) is 19.8. The van der Waals surface area contributed by atoms with Gasteiger partial charge in [-0.15, -0.1) is 0 Å². The van der Waals surface area contributed by atoms with Crippen LogP contribution < -0.4 is 10.1 Å². The van der Waals surface area contributed by atoms with Gasteiger partial charge in [-0.05, 0) is 86.9 Å². The fourth-order valence-corrected chi connectivity index (χ4v) is 6.82. The van der Waals surface area contributed by atoms with Crippen LogP contribution in [0.3, 0.4) is 0 Å². The predicted molar refractivity (Wildman–Crippen MR) is 122 cm³/mol. The van der Waals surface area contributed by atoms with Crippen LogP contribution in [-0.2, 0) is 4.79 Å². The zero-order valence-electron chi connectivity index (χ0n) is 19.0. The Hall–Kier alpha value is -2.48. The van der Waals surface area contributed by atoms with Gasteiger partial charge in [-0.3, -0.25) is 9.59 Å². The number of rotatable bonds is 8. The summed E-state index contributed by atoms with van der Waals surface area (Å²) in [6, 6.07) is 9.80. The van der Waals surface area contributed by atoms with Crippen LogP contribution in [0.1, 0.15) is 56.5 Å². The quantitative estimate of drug-likeness (QED) is 0.567. The third kappa shape index (κ3) is 4.50. The van der Waals surface area contributed by atoms with Crippen molar-refractivity contribution < 1.29 is 24.0 Å². The van der Waals surface area contributed by atoms with E-state index in [0.717, 1.165) is 16.7 Å². The summed E-state index contributed by atoms with van der Waals surface area (Å²) in [6.07, 6.45) is 6.19. The Morgan fingerprint density at radius 3 is 2.36 bits per heavy atom. The molecule has 1 aromatic heterocycles. The number of carbonyl (C=O) groups is 2. The van der Waals surface area contributed by atoms with Gasteiger partial charge < -0.3 is 19.7 Å². The first-order valence-electron chi connectivity index (χ1n) is 11.7. The molecule has 2 aromatic rings. The molecular weight excluding hydrogens is 440 g/mol. The molecule has 33 heavy (non-hydrogen) atoms. The number of hydrogen-bond donors (Lipinski definition) is 2. The zero-order chi connectivity index (χ0) is 23.2. The number of hydrogen-bond acceptors (Lipinski definition) is 6. The lowest BCUT2D eigenvalue weighted by atomic mass is 9.54. The molecule has 0 spiro atoms. The van der Waals surface area contributed by atoms with Gasteiger partial charge in [0, 0.05) is 10.9 Å². The summed E-state index contributed by atoms with van der Waals surface area (Å²) in [5.41, 5.74) is -1.10. The van der Waals surface area contributed by atoms with Crippen molar-refractivity contribution in [3.63, 3.8) is 0 Å². The van der Waals surface area contributed by atoms with Crippen LogP contribution in [0.15, 0.2) is 44.6 Å². The van der Waals surface area contributed by atoms with E-state index in [4.69, 9.17) is 9.26 Å². The van der Waals surface area contributed by atoms with Crippen LogP contribution in [0, 0.1) is 29.1 Å². The van der Waals surface area contributed by atoms with E-state index in [2.05, 4.69) is 10.5 Å². The molecule has 2 N–H and O–H groups in total. The molecule has 4 saturated carbocycles. The van der Waals surface area contributed by atoms with Gasteiger partial charge in [0.05, 0.1) is 5.41 Å². The molecule has 4 aliphatic carbocycles. The van der Waals surface area contributed by atoms with Gasteiger partial charge in [-0.1, -0.05) is 30.0 Å². The van der Waals surface area contributed by atoms with E-state index in [1.165, 1.54) is 43.9 Å². The topological polar surface area (TPSA) is 102 Å². The lowest BCUT2D eigenvalue weighted by Crippen LogP contribution is -2.55. The molecule has 0 unspecified atom stereocenters. The van der Waals surface area contributed by atoms with Crippen LogP contribution in [-0.4, -0.2) is 34.8 Å². The first kappa shape index (κ1) is 22.3. The van der Waals surface area contributed by atoms with Gasteiger partial charge in [0.25, 0.3) is 11.8 Å². The molecule has 4 bridgehead atoms. The van der Waals surface area contributed by atoms with Crippen molar-refractivity contribution in [2.75, 3.05) is 6.61 Å². The van der Waals surface area contributed by atoms with Crippen LogP contribution >= 0.6 is 11.8 Å². The average Bonchev–Trinajstić information content (AvgIpc) is 3.17. The number of carbonyl (C=O) groups excluding carboxylic acids is 1. The van der Waals surface area contributed by atoms with Crippen molar-refractivity contribution in [2.24, 2.45) is 29.1 Å². The molecular formula is C25H30N2O5S. The van der Waals surface area contributed by atoms with E-state index < -0.39 is 11.4 Å². The van der Waals surface area contributed by atoms with E-state index in [1.807, 2.05) is 30.3 Å². The van der Waals surface area contributed by atoms with Gasteiger partial charge in [0.2, 0.25) is 5.76 Å². The first-order valence-corrected chi connectivity index (χ1v) is 12.5. The summed E-state index contributed by atoms with van der Waals surface area (Å²) in [6.45, 7) is 3.08. The van der Waals surface area contributed by atoms with E-state index >= 15 is 0 Å². The molecule has 1 aromatic carbocycles. The molecule has 176 valence electrons. The maximum Gasteiger partial charge on any atom is 0.312 e. The van der Waals surface area contributed by atoms with Crippen LogP contribution in [0.5, 0.6) is 5.88 Å². The van der Waals surface area contributed by atoms with Crippen molar-refractivity contribution in [3.05, 3.63) is 36.1 Å². The lowest BCUT2D eigenvalue weighted by molar-refractivity contribution is -0.148. The summed E-state index contributed by atoms with van der Waals surface area (Å²) in [5, 5.41) is 16.7. The first-order chi connectivity index (χ1) is 15.8. The second-order valence-electron chi connectivity index (χ2n) is 10.5. The number of ether oxygens (including phenoxy) is 1. The Kier molecular flexibility index (Phi) is 5.89. The van der Waals surface area contributed by atoms with E-state index in [-0.39, 0.29) is 30.2 Å². The third-order valence-electron chi connectivity index (χ3n) is 7.46. The van der Waals surface area contributed by atoms with Crippen molar-refractivity contribution >= 4 is 23.6 Å². The minimum absolute atomic E-state index is 0.0895. The van der Waals surface area contributed by atoms with Gasteiger partial charge in [-0.25, -0.2) is 0 Å². The fraction of sp³-hybridized carbons (Fsp3) is 0.560. The van der Waals surface area contributed by atoms with E-state index in [1.54, 1.807) is 13.8 Å². The molecule has 7 nitrogen and oxygen atoms in total. The highest BCUT2D eigenvalue weighted by molar-refractivity contribution is 7.99. The molecule has 4 aliphatic rings. The summed E-state index contributed by atoms with van der Waals surface area (Å²) in [5.74, 6) is 1.78. The van der Waals surface area contributed by atoms with Gasteiger partial charge in [0.15, 0.2) is 0 Å². The maximum atomic E-state index is 13.4. The SMILES string of the molecule is CC(C)(COc1noc(C(=O)NC2C3CC4CC(C3)CC2C4)c1Sc1ccccc1)C(=O)O. The number of benzene rings is 1. The Bertz CT molecular complexity index is 1010. The standard InChI is InChI=1S/C25H30N2O5S/c1-25(2,24(29)30)13-31-23-21(33-18-6-4-3-5-7-18)20(32-27-23)22(28)26-19-16-9-14-8-15(11-16)12-17(19)10-14/h3-7,14-17,19H,8-13H2,1-2H3,(H,26,28)(H,29,30). The Morgan fingerprint density at radius 1 is 1.12 bits per heavy atom. The molecule has 0 atom stereocenters. The van der Waals surface area contributed by atoms with Crippen LogP contribution in [0.2, 0.25) is 0 Å². The van der Waals surface area contributed by atoms with Crippen molar-refractivity contribution in [1.82, 2.24) is 10.5 Å². The smallest absolute Gasteiger partial charge is 0.312 e. The largest absolute Gasteiger partial charge is 0.481 e. The molecule has 6 rings (SSSR count). The molecule has 0 radical (unpaired) electrons. The average molecular weight is 471 g/mol. The monoisotopic (exact) mass is 470 g/mol. The number of aliphatic carboxylic acids is 1. The highest BCUT2D eigenvalue weighted by Gasteiger charge is 2.49. The minimum Gasteiger partial charge on any atom is -0.481 e. The van der Waals surface area contributed by atoms with Crippen LogP contribution in [0.25, 0.3) is 0 Å². The molecule has 8 heteroatoms. The second-order valence-corrected chi connectivity index (χ2v) is 11.6. The summed E-state index contributed by atoms with van der Waals surface area (Å²) < 4.78 is 11.3. The predicted octanol–water partition coefficient (Wildman–Crippen LogP) is 4.87. The van der Waals surface area contributed by atoms with E-state index in [9.17, 15) is 14.7 Å². The lowest BCUT2D eigenvalue weighted by Gasteiger charge is -2.54. The van der Waals surface area contributed by atoms with Crippen molar-refractivity contribution in [3.8, 4) is 5.88 Å². The summed E-state index contributed by atoms with van der Waals surface area (Å²) in [4.78, 5) is 26.2. The minimum atomic E-state index is -1.10. The molecule has 4 fully saturated rings. The number of nitrogens with zero attached hydrogens (tertiary/aromatic N) is 1. The van der Waals surface area contributed by atoms with Crippen LogP contribution in [0.4, 0.5) is 0 Å². The normalized spacial score (nSPS) is 28.0. The maximum absolute atomic E-state index is 13.4. The number of aromatic nitrogens is 1. The van der Waals surface area contributed by atoms with Gasteiger partial charge >= 0.3 is 5.97 Å². The number of nitrogens with one attached hydrogen (secondary N) is 1. The Morgan fingerprint density at radius 2 is 1.76 bits per heavy atom. The molecule has 1 heterocycles. The Balaban J connectivity index is 1.37.